The normalized spacial score (nSPS) is 16.0. The highest BCUT2D eigenvalue weighted by atomic mass is 16.5. The first-order chi connectivity index (χ1) is 14.7. The minimum atomic E-state index is -0.393. The second-order valence-electron chi connectivity index (χ2n) is 7.17. The molecule has 30 heavy (non-hydrogen) atoms. The Morgan fingerprint density at radius 3 is 2.37 bits per heavy atom. The van der Waals surface area contributed by atoms with Crippen molar-refractivity contribution in [3.8, 4) is 5.75 Å². The molecule has 5 nitrogen and oxygen atoms in total. The molecule has 0 saturated heterocycles. The molecule has 1 unspecified atom stereocenters. The third-order valence-electron chi connectivity index (χ3n) is 5.38. The van der Waals surface area contributed by atoms with E-state index in [-0.39, 0.29) is 6.04 Å². The van der Waals surface area contributed by atoms with Crippen LogP contribution < -0.4 is 15.4 Å². The van der Waals surface area contributed by atoms with Crippen LogP contribution >= 0.6 is 0 Å². The van der Waals surface area contributed by atoms with Gasteiger partial charge in [0.25, 0.3) is 0 Å². The van der Waals surface area contributed by atoms with Gasteiger partial charge >= 0.3 is 5.63 Å². The molecule has 0 N–H and O–H groups in total. The minimum absolute atomic E-state index is 0.0268. The average Bonchev–Trinajstić information content (AvgIpc) is 3.24. The number of hydrogen-bond donors (Lipinski definition) is 0. The van der Waals surface area contributed by atoms with Crippen LogP contribution in [0.4, 0.5) is 5.69 Å². The molecular formula is C25H20N2O3. The first-order valence-corrected chi connectivity index (χ1v) is 9.82. The number of hydrazone groups is 1. The molecule has 1 atom stereocenters. The average molecular weight is 396 g/mol. The van der Waals surface area contributed by atoms with Crippen molar-refractivity contribution in [1.29, 1.82) is 0 Å². The van der Waals surface area contributed by atoms with Crippen LogP contribution in [0.5, 0.6) is 5.75 Å². The van der Waals surface area contributed by atoms with Crippen molar-refractivity contribution < 1.29 is 9.15 Å². The zero-order chi connectivity index (χ0) is 20.5. The Morgan fingerprint density at radius 2 is 1.63 bits per heavy atom. The van der Waals surface area contributed by atoms with Crippen LogP contribution in [0.1, 0.15) is 23.6 Å². The fourth-order valence-electron chi connectivity index (χ4n) is 3.97. The maximum Gasteiger partial charge on any atom is 0.336 e. The van der Waals surface area contributed by atoms with E-state index < -0.39 is 5.63 Å². The zero-order valence-electron chi connectivity index (χ0n) is 16.5. The lowest BCUT2D eigenvalue weighted by atomic mass is 9.96. The molecule has 0 bridgehead atoms. The van der Waals surface area contributed by atoms with E-state index >= 15 is 0 Å². The van der Waals surface area contributed by atoms with Gasteiger partial charge in [-0.05, 0) is 35.9 Å². The topological polar surface area (TPSA) is 55.0 Å². The predicted molar refractivity (Wildman–Crippen MR) is 118 cm³/mol. The van der Waals surface area contributed by atoms with Gasteiger partial charge in [-0.3, -0.25) is 5.01 Å². The minimum Gasteiger partial charge on any atom is -0.496 e. The summed E-state index contributed by atoms with van der Waals surface area (Å²) in [5.74, 6) is 0.636. The van der Waals surface area contributed by atoms with Crippen molar-refractivity contribution in [3.63, 3.8) is 0 Å². The Hall–Kier alpha value is -3.86. The van der Waals surface area contributed by atoms with E-state index in [0.717, 1.165) is 22.3 Å². The molecule has 5 rings (SSSR count). The van der Waals surface area contributed by atoms with Gasteiger partial charge < -0.3 is 9.15 Å². The van der Waals surface area contributed by atoms with Gasteiger partial charge in [-0.1, -0.05) is 48.5 Å². The molecular weight excluding hydrogens is 376 g/mol. The van der Waals surface area contributed by atoms with Crippen LogP contribution in [-0.2, 0) is 0 Å². The number of anilines is 1. The number of methoxy groups -OCH3 is 1. The number of fused-ring (bicyclic) bond motifs is 1. The summed E-state index contributed by atoms with van der Waals surface area (Å²) in [6.45, 7) is 0. The number of nitrogens with zero attached hydrogens (tertiary/aromatic N) is 2. The van der Waals surface area contributed by atoms with E-state index in [0.29, 0.717) is 17.8 Å². The fourth-order valence-corrected chi connectivity index (χ4v) is 3.97. The summed E-state index contributed by atoms with van der Waals surface area (Å²) in [4.78, 5) is 12.0. The van der Waals surface area contributed by atoms with E-state index in [1.807, 2.05) is 65.7 Å². The molecule has 1 aliphatic heterocycles. The summed E-state index contributed by atoms with van der Waals surface area (Å²) < 4.78 is 11.2. The van der Waals surface area contributed by atoms with Gasteiger partial charge in [-0.2, -0.15) is 5.10 Å². The largest absolute Gasteiger partial charge is 0.496 e. The lowest BCUT2D eigenvalue weighted by Crippen LogP contribution is -2.18. The highest BCUT2D eigenvalue weighted by molar-refractivity contribution is 6.13. The van der Waals surface area contributed by atoms with Crippen LogP contribution in [0, 0.1) is 0 Å². The van der Waals surface area contributed by atoms with Crippen molar-refractivity contribution in [2.45, 2.75) is 12.5 Å². The predicted octanol–water partition coefficient (Wildman–Crippen LogP) is 5.16. The van der Waals surface area contributed by atoms with Crippen LogP contribution in [0.25, 0.3) is 11.0 Å². The Balaban J connectivity index is 1.70. The lowest BCUT2D eigenvalue weighted by Gasteiger charge is -2.23. The van der Waals surface area contributed by atoms with Crippen LogP contribution in [0.3, 0.4) is 0 Å². The van der Waals surface area contributed by atoms with Gasteiger partial charge in [0.05, 0.1) is 30.1 Å². The van der Waals surface area contributed by atoms with E-state index in [4.69, 9.17) is 14.3 Å². The summed E-state index contributed by atoms with van der Waals surface area (Å²) >= 11 is 0. The third-order valence-corrected chi connectivity index (χ3v) is 5.38. The maximum absolute atomic E-state index is 12.0. The second kappa shape index (κ2) is 7.52. The summed E-state index contributed by atoms with van der Waals surface area (Å²) in [6, 6.07) is 27.4. The van der Waals surface area contributed by atoms with Crippen molar-refractivity contribution >= 4 is 22.4 Å². The number of hydrogen-bond acceptors (Lipinski definition) is 5. The number of para-hydroxylation sites is 1. The van der Waals surface area contributed by atoms with Crippen LogP contribution in [0.2, 0.25) is 0 Å². The van der Waals surface area contributed by atoms with E-state index in [9.17, 15) is 4.79 Å². The molecule has 0 amide bonds. The molecule has 0 saturated carbocycles. The molecule has 4 aromatic rings. The van der Waals surface area contributed by atoms with E-state index in [1.54, 1.807) is 13.2 Å². The first-order valence-electron chi connectivity index (χ1n) is 9.82. The van der Waals surface area contributed by atoms with Gasteiger partial charge in [0.1, 0.15) is 5.75 Å². The molecule has 3 aromatic carbocycles. The molecule has 1 aromatic heterocycles. The number of rotatable bonds is 4. The smallest absolute Gasteiger partial charge is 0.336 e. The first kappa shape index (κ1) is 18.2. The summed E-state index contributed by atoms with van der Waals surface area (Å²) in [5.41, 5.74) is 3.83. The Bertz CT molecular complexity index is 1280. The molecule has 0 aliphatic carbocycles. The highest BCUT2D eigenvalue weighted by Crippen LogP contribution is 2.39. The molecule has 0 spiro atoms. The van der Waals surface area contributed by atoms with Gasteiger partial charge in [0.15, 0.2) is 5.58 Å². The Labute approximate surface area is 173 Å². The molecule has 0 fully saturated rings. The Morgan fingerprint density at radius 1 is 0.933 bits per heavy atom. The van der Waals surface area contributed by atoms with Crippen molar-refractivity contribution in [1.82, 2.24) is 0 Å². The summed E-state index contributed by atoms with van der Waals surface area (Å²) in [5, 5.41) is 7.85. The van der Waals surface area contributed by atoms with Crippen molar-refractivity contribution in [2.24, 2.45) is 5.10 Å². The van der Waals surface area contributed by atoms with Crippen molar-refractivity contribution in [3.05, 3.63) is 106 Å². The van der Waals surface area contributed by atoms with E-state index in [2.05, 4.69) is 12.1 Å². The van der Waals surface area contributed by atoms with Gasteiger partial charge in [-0.15, -0.1) is 0 Å². The monoisotopic (exact) mass is 396 g/mol. The number of ether oxygens (including phenoxy) is 1. The standard InChI is InChI=1S/C25H20N2O3/c1-29-22-14-12-18-13-15-23(28)30-25(18)24(22)20-16-21(17-8-4-2-5-9-17)27(26-20)19-10-6-3-7-11-19/h2-15,21H,16H2,1H3. The lowest BCUT2D eigenvalue weighted by molar-refractivity contribution is 0.413. The van der Waals surface area contributed by atoms with Crippen molar-refractivity contribution in [2.75, 3.05) is 12.1 Å². The quantitative estimate of drug-likeness (QED) is 0.447. The van der Waals surface area contributed by atoms with Gasteiger partial charge in [0.2, 0.25) is 0 Å². The maximum atomic E-state index is 12.0. The fraction of sp³-hybridized carbons (Fsp3) is 0.120. The van der Waals surface area contributed by atoms with Crippen LogP contribution in [-0.4, -0.2) is 12.8 Å². The van der Waals surface area contributed by atoms with Gasteiger partial charge in [0, 0.05) is 17.9 Å². The van der Waals surface area contributed by atoms with Crippen LogP contribution in [0.15, 0.2) is 99.2 Å². The van der Waals surface area contributed by atoms with E-state index in [1.165, 1.54) is 11.6 Å². The molecule has 5 heteroatoms. The zero-order valence-corrected chi connectivity index (χ0v) is 16.5. The molecule has 148 valence electrons. The number of benzene rings is 3. The summed E-state index contributed by atoms with van der Waals surface area (Å²) in [6.07, 6.45) is 0.660. The highest BCUT2D eigenvalue weighted by Gasteiger charge is 2.32. The Kier molecular flexibility index (Phi) is 4.56. The molecule has 0 radical (unpaired) electrons. The second-order valence-corrected chi connectivity index (χ2v) is 7.17. The SMILES string of the molecule is COc1ccc2ccc(=O)oc2c1C1=NN(c2ccccc2)C(c2ccccc2)C1. The van der Waals surface area contributed by atoms with Gasteiger partial charge in [-0.25, -0.2) is 4.79 Å². The molecule has 2 heterocycles. The summed E-state index contributed by atoms with van der Waals surface area (Å²) in [7, 11) is 1.62. The third kappa shape index (κ3) is 3.14. The molecule has 1 aliphatic rings.